The molecule has 3 unspecified atom stereocenters. The van der Waals surface area contributed by atoms with Gasteiger partial charge in [0.25, 0.3) is 0 Å². The summed E-state index contributed by atoms with van der Waals surface area (Å²) in [5, 5.41) is 8.47. The van der Waals surface area contributed by atoms with Crippen LogP contribution in [0.15, 0.2) is 12.2 Å². The molecular formula is C12H12O7. The summed E-state index contributed by atoms with van der Waals surface area (Å²) in [7, 11) is 0. The van der Waals surface area contributed by atoms with Crippen LogP contribution in [0.3, 0.4) is 0 Å². The first-order chi connectivity index (χ1) is 8.99. The normalized spacial score (nSPS) is 32.4. The summed E-state index contributed by atoms with van der Waals surface area (Å²) in [6.45, 7) is 0. The fraction of sp³-hybridized carbons (Fsp3) is 0.500. The summed E-state index contributed by atoms with van der Waals surface area (Å²) in [6.07, 6.45) is 3.93. The van der Waals surface area contributed by atoms with Gasteiger partial charge in [-0.3, -0.25) is 14.4 Å². The lowest BCUT2D eigenvalue weighted by Gasteiger charge is -2.12. The van der Waals surface area contributed by atoms with Crippen LogP contribution in [0, 0.1) is 11.8 Å². The lowest BCUT2D eigenvalue weighted by atomic mass is 9.86. The number of rotatable bonds is 0. The van der Waals surface area contributed by atoms with Crippen molar-refractivity contribution in [3.8, 4) is 0 Å². The van der Waals surface area contributed by atoms with E-state index in [1.54, 1.807) is 6.08 Å². The molecule has 2 aliphatic heterocycles. The summed E-state index contributed by atoms with van der Waals surface area (Å²) < 4.78 is 8.42. The van der Waals surface area contributed by atoms with E-state index in [9.17, 15) is 19.2 Å². The molecule has 7 heteroatoms. The van der Waals surface area contributed by atoms with Gasteiger partial charge in [0, 0.05) is 0 Å². The highest BCUT2D eigenvalue weighted by Gasteiger charge is 2.43. The van der Waals surface area contributed by atoms with E-state index < -0.39 is 18.0 Å². The number of carbonyl (C=O) groups is 4. The molecule has 3 rings (SSSR count). The minimum absolute atomic E-state index is 0.188. The van der Waals surface area contributed by atoms with E-state index in [1.807, 2.05) is 6.08 Å². The minimum Gasteiger partial charge on any atom is -0.392 e. The number of carbonyl (C=O) groups excluding carboxylic acids is 4. The minimum atomic E-state index is -1.22. The standard InChI is InChI=1S/C8H8O3.C4H4O4/c9-7-5-3-1-2-4-6(5)8(10)11-7;5-2-1-3(6)8-4(2)7/h1,3,5-6H,2,4H2;2,5H,1H2. The number of esters is 4. The highest BCUT2D eigenvalue weighted by Crippen LogP contribution is 2.32. The fourth-order valence-electron chi connectivity index (χ4n) is 2.05. The van der Waals surface area contributed by atoms with Crippen LogP contribution in [0.25, 0.3) is 0 Å². The van der Waals surface area contributed by atoms with E-state index in [2.05, 4.69) is 9.47 Å². The van der Waals surface area contributed by atoms with Gasteiger partial charge >= 0.3 is 23.9 Å². The van der Waals surface area contributed by atoms with Crippen LogP contribution in [-0.2, 0) is 28.7 Å². The summed E-state index contributed by atoms with van der Waals surface area (Å²) in [6, 6.07) is 0. The largest absolute Gasteiger partial charge is 0.392 e. The molecule has 3 atom stereocenters. The quantitative estimate of drug-likeness (QED) is 0.357. The zero-order chi connectivity index (χ0) is 14.0. The first-order valence-corrected chi connectivity index (χ1v) is 5.84. The zero-order valence-corrected chi connectivity index (χ0v) is 9.90. The number of aliphatic hydroxyl groups excluding tert-OH is 1. The Kier molecular flexibility index (Phi) is 3.75. The Labute approximate surface area is 108 Å². The Hall–Kier alpha value is -2.02. The maximum absolute atomic E-state index is 10.9. The first kappa shape index (κ1) is 13.4. The van der Waals surface area contributed by atoms with Crippen LogP contribution in [0.2, 0.25) is 0 Å². The van der Waals surface area contributed by atoms with Crippen LogP contribution in [0.1, 0.15) is 19.3 Å². The summed E-state index contributed by atoms with van der Waals surface area (Å²) >= 11 is 0. The molecule has 0 bridgehead atoms. The van der Waals surface area contributed by atoms with Crippen molar-refractivity contribution in [3.63, 3.8) is 0 Å². The summed E-state index contributed by atoms with van der Waals surface area (Å²) in [4.78, 5) is 42.0. The van der Waals surface area contributed by atoms with Crippen LogP contribution in [-0.4, -0.2) is 35.1 Å². The molecule has 19 heavy (non-hydrogen) atoms. The van der Waals surface area contributed by atoms with Crippen LogP contribution < -0.4 is 0 Å². The van der Waals surface area contributed by atoms with Gasteiger partial charge in [-0.05, 0) is 12.8 Å². The number of cyclic esters (lactones) is 4. The Balaban J connectivity index is 0.000000148. The molecule has 0 saturated carbocycles. The van der Waals surface area contributed by atoms with E-state index in [0.717, 1.165) is 12.8 Å². The zero-order valence-electron chi connectivity index (χ0n) is 9.90. The van der Waals surface area contributed by atoms with Crippen molar-refractivity contribution >= 4 is 23.9 Å². The Morgan fingerprint density at radius 1 is 1.05 bits per heavy atom. The van der Waals surface area contributed by atoms with E-state index in [0.29, 0.717) is 0 Å². The topological polar surface area (TPSA) is 107 Å². The second-order valence-corrected chi connectivity index (χ2v) is 4.39. The molecule has 0 radical (unpaired) electrons. The smallest absolute Gasteiger partial charge is 0.343 e. The molecule has 1 N–H and O–H groups in total. The Bertz CT molecular complexity index is 465. The van der Waals surface area contributed by atoms with Gasteiger partial charge < -0.3 is 14.6 Å². The Morgan fingerprint density at radius 3 is 2.26 bits per heavy atom. The van der Waals surface area contributed by atoms with Crippen molar-refractivity contribution in [2.45, 2.75) is 25.4 Å². The molecule has 7 nitrogen and oxygen atoms in total. The predicted octanol–water partition coefficient (Wildman–Crippen LogP) is -0.527. The lowest BCUT2D eigenvalue weighted by molar-refractivity contribution is -0.155. The number of aliphatic hydroxyl groups is 1. The monoisotopic (exact) mass is 268 g/mol. The molecule has 2 fully saturated rings. The van der Waals surface area contributed by atoms with Crippen LogP contribution in [0.5, 0.6) is 0 Å². The first-order valence-electron chi connectivity index (χ1n) is 5.84. The second kappa shape index (κ2) is 5.31. The number of ether oxygens (including phenoxy) is 2. The molecule has 0 aromatic rings. The van der Waals surface area contributed by atoms with E-state index in [-0.39, 0.29) is 30.2 Å². The van der Waals surface area contributed by atoms with Crippen molar-refractivity contribution < 1.29 is 33.8 Å². The van der Waals surface area contributed by atoms with Crippen molar-refractivity contribution in [1.82, 2.24) is 0 Å². The number of hydrogen-bond acceptors (Lipinski definition) is 7. The highest BCUT2D eigenvalue weighted by molar-refractivity contribution is 5.97. The molecule has 3 aliphatic rings. The third-order valence-electron chi connectivity index (χ3n) is 3.04. The van der Waals surface area contributed by atoms with Gasteiger partial charge in [0.1, 0.15) is 0 Å². The predicted molar refractivity (Wildman–Crippen MR) is 58.2 cm³/mol. The third kappa shape index (κ3) is 2.87. The Morgan fingerprint density at radius 2 is 1.79 bits per heavy atom. The molecular weight excluding hydrogens is 256 g/mol. The maximum Gasteiger partial charge on any atom is 0.343 e. The van der Waals surface area contributed by atoms with Crippen molar-refractivity contribution in [2.75, 3.05) is 0 Å². The van der Waals surface area contributed by atoms with Gasteiger partial charge in [0.2, 0.25) is 0 Å². The molecule has 2 heterocycles. The molecule has 2 saturated heterocycles. The SMILES string of the molecule is O=C1CC(O)C(=O)O1.O=C1OC(=O)C2CCC=CC12. The number of fused-ring (bicyclic) bond motifs is 1. The highest BCUT2D eigenvalue weighted by atomic mass is 16.6. The van der Waals surface area contributed by atoms with Crippen LogP contribution in [0.4, 0.5) is 0 Å². The molecule has 1 aliphatic carbocycles. The van der Waals surface area contributed by atoms with E-state index >= 15 is 0 Å². The van der Waals surface area contributed by atoms with Crippen LogP contribution >= 0.6 is 0 Å². The van der Waals surface area contributed by atoms with Crippen molar-refractivity contribution in [1.29, 1.82) is 0 Å². The lowest BCUT2D eigenvalue weighted by Crippen LogP contribution is -2.17. The van der Waals surface area contributed by atoms with Crippen molar-refractivity contribution in [2.24, 2.45) is 11.8 Å². The van der Waals surface area contributed by atoms with Gasteiger partial charge in [-0.1, -0.05) is 12.2 Å². The number of hydrogen-bond donors (Lipinski definition) is 1. The second-order valence-electron chi connectivity index (χ2n) is 4.39. The van der Waals surface area contributed by atoms with Gasteiger partial charge in [0.05, 0.1) is 18.3 Å². The van der Waals surface area contributed by atoms with E-state index in [4.69, 9.17) is 5.11 Å². The average molecular weight is 268 g/mol. The summed E-state index contributed by atoms with van der Waals surface area (Å²) in [5.41, 5.74) is 0. The average Bonchev–Trinajstić information content (AvgIpc) is 2.82. The fourth-order valence-corrected chi connectivity index (χ4v) is 2.05. The molecule has 0 spiro atoms. The van der Waals surface area contributed by atoms with Crippen molar-refractivity contribution in [3.05, 3.63) is 12.2 Å². The molecule has 0 aromatic carbocycles. The summed E-state index contributed by atoms with van der Waals surface area (Å²) in [5.74, 6) is -2.68. The molecule has 102 valence electrons. The molecule has 0 aromatic heterocycles. The van der Waals surface area contributed by atoms with Gasteiger partial charge in [-0.15, -0.1) is 0 Å². The van der Waals surface area contributed by atoms with Gasteiger partial charge in [0.15, 0.2) is 6.10 Å². The molecule has 0 amide bonds. The third-order valence-corrected chi connectivity index (χ3v) is 3.04. The van der Waals surface area contributed by atoms with Gasteiger partial charge in [-0.2, -0.15) is 0 Å². The number of allylic oxidation sites excluding steroid dienone is 1. The van der Waals surface area contributed by atoms with E-state index in [1.165, 1.54) is 0 Å². The van der Waals surface area contributed by atoms with Gasteiger partial charge in [-0.25, -0.2) is 4.79 Å². The maximum atomic E-state index is 10.9.